The molecule has 0 spiro atoms. The molecule has 0 aliphatic heterocycles. The molecule has 0 unspecified atom stereocenters. The zero-order valence-electron chi connectivity index (χ0n) is 9.35. The smallest absolute Gasteiger partial charge is 0.395 e. The summed E-state index contributed by atoms with van der Waals surface area (Å²) in [6, 6.07) is 9.57. The van der Waals surface area contributed by atoms with Crippen molar-refractivity contribution in [2.24, 2.45) is 0 Å². The van der Waals surface area contributed by atoms with Crippen LogP contribution in [0.15, 0.2) is 36.5 Å². The number of hydrogen-bond donors (Lipinski definition) is 0. The number of aromatic nitrogens is 2. The molecule has 0 radical (unpaired) electrons. The minimum absolute atomic E-state index is 0.00318. The third kappa shape index (κ3) is 3.07. The Bertz CT molecular complexity index is 542. The molecule has 2 aromatic rings. The molecule has 4 nitrogen and oxygen atoms in total. The summed E-state index contributed by atoms with van der Waals surface area (Å²) >= 11 is 5.09. The van der Waals surface area contributed by atoms with Crippen molar-refractivity contribution in [3.63, 3.8) is 0 Å². The Hall–Kier alpha value is -1.88. The van der Waals surface area contributed by atoms with Gasteiger partial charge in [0.05, 0.1) is 6.20 Å². The Kier molecular flexibility index (Phi) is 3.94. The van der Waals surface area contributed by atoms with Crippen LogP contribution in [0.1, 0.15) is 5.56 Å². The van der Waals surface area contributed by atoms with E-state index >= 15 is 0 Å². The fraction of sp³-hybridized carbons (Fsp3) is 0.167. The van der Waals surface area contributed by atoms with Crippen LogP contribution in [0.3, 0.4) is 0 Å². The lowest BCUT2D eigenvalue weighted by molar-refractivity contribution is 0.221. The average Bonchev–Trinajstić information content (AvgIpc) is 2.68. The molecular weight excluding hydrogens is 259 g/mol. The molecular formula is C12H10ClFN2O2. The molecule has 0 amide bonds. The number of ether oxygens (including phenoxy) is 1. The Balaban J connectivity index is 2.09. The van der Waals surface area contributed by atoms with Crippen molar-refractivity contribution >= 4 is 17.0 Å². The number of nitrogens with zero attached hydrogens (tertiary/aromatic N) is 2. The summed E-state index contributed by atoms with van der Waals surface area (Å²) in [5.74, 6) is 0.00318. The molecule has 94 valence electrons. The van der Waals surface area contributed by atoms with Gasteiger partial charge < -0.3 is 4.74 Å². The number of halogens is 2. The molecule has 0 bridgehead atoms. The van der Waals surface area contributed by atoms with Gasteiger partial charge in [-0.15, -0.1) is 0 Å². The van der Waals surface area contributed by atoms with Gasteiger partial charge in [-0.05, 0) is 12.0 Å². The standard InChI is InChI=1S/C12H10ClFN2O2/c13-11(17)18-10-8-15-12(14)16(10)7-6-9-4-2-1-3-5-9/h1-5,8H,6-7H2. The summed E-state index contributed by atoms with van der Waals surface area (Å²) in [7, 11) is 0. The summed E-state index contributed by atoms with van der Waals surface area (Å²) in [5.41, 5.74) is 0.0320. The monoisotopic (exact) mass is 268 g/mol. The summed E-state index contributed by atoms with van der Waals surface area (Å²) in [5, 5.41) is 0. The van der Waals surface area contributed by atoms with E-state index in [1.807, 2.05) is 30.3 Å². The zero-order chi connectivity index (χ0) is 13.0. The predicted molar refractivity (Wildman–Crippen MR) is 64.2 cm³/mol. The van der Waals surface area contributed by atoms with E-state index in [2.05, 4.69) is 9.72 Å². The Morgan fingerprint density at radius 2 is 2.11 bits per heavy atom. The first kappa shape index (κ1) is 12.6. The van der Waals surface area contributed by atoms with E-state index in [1.165, 1.54) is 0 Å². The Labute approximate surface area is 108 Å². The Morgan fingerprint density at radius 1 is 1.39 bits per heavy atom. The van der Waals surface area contributed by atoms with Gasteiger partial charge in [-0.1, -0.05) is 30.3 Å². The summed E-state index contributed by atoms with van der Waals surface area (Å²) < 4.78 is 19.2. The first-order chi connectivity index (χ1) is 8.66. The molecule has 1 heterocycles. The van der Waals surface area contributed by atoms with Crippen LogP contribution in [0, 0.1) is 6.08 Å². The highest BCUT2D eigenvalue weighted by Gasteiger charge is 2.12. The molecule has 2 rings (SSSR count). The van der Waals surface area contributed by atoms with Crippen LogP contribution in [0.2, 0.25) is 0 Å². The molecule has 0 saturated carbocycles. The molecule has 6 heteroatoms. The second-order valence-electron chi connectivity index (χ2n) is 3.59. The van der Waals surface area contributed by atoms with Crippen LogP contribution in [0.4, 0.5) is 9.18 Å². The van der Waals surface area contributed by atoms with Crippen molar-refractivity contribution in [2.45, 2.75) is 13.0 Å². The molecule has 0 fully saturated rings. The number of imidazole rings is 1. The molecule has 0 atom stereocenters. The van der Waals surface area contributed by atoms with E-state index in [-0.39, 0.29) is 5.88 Å². The molecule has 0 saturated heterocycles. The lowest BCUT2D eigenvalue weighted by Gasteiger charge is -2.07. The second-order valence-corrected chi connectivity index (χ2v) is 3.90. The van der Waals surface area contributed by atoms with Crippen LogP contribution in [0.25, 0.3) is 0 Å². The van der Waals surface area contributed by atoms with E-state index in [0.29, 0.717) is 13.0 Å². The van der Waals surface area contributed by atoms with Crippen molar-refractivity contribution in [3.05, 3.63) is 48.2 Å². The molecule has 0 aliphatic rings. The topological polar surface area (TPSA) is 44.1 Å². The first-order valence-electron chi connectivity index (χ1n) is 5.29. The van der Waals surface area contributed by atoms with Crippen LogP contribution in [-0.4, -0.2) is 15.0 Å². The van der Waals surface area contributed by atoms with E-state index in [1.54, 1.807) is 0 Å². The van der Waals surface area contributed by atoms with Gasteiger partial charge in [0.15, 0.2) is 0 Å². The average molecular weight is 269 g/mol. The lowest BCUT2D eigenvalue weighted by atomic mass is 10.1. The van der Waals surface area contributed by atoms with E-state index in [4.69, 9.17) is 11.6 Å². The normalized spacial score (nSPS) is 10.3. The van der Waals surface area contributed by atoms with Crippen LogP contribution >= 0.6 is 11.6 Å². The van der Waals surface area contributed by atoms with Gasteiger partial charge in [-0.25, -0.2) is 9.78 Å². The summed E-state index contributed by atoms with van der Waals surface area (Å²) in [6.07, 6.45) is 1.01. The first-order valence-corrected chi connectivity index (χ1v) is 5.67. The zero-order valence-corrected chi connectivity index (χ0v) is 10.1. The van der Waals surface area contributed by atoms with Gasteiger partial charge >= 0.3 is 5.43 Å². The van der Waals surface area contributed by atoms with Crippen molar-refractivity contribution in [1.29, 1.82) is 0 Å². The maximum atomic E-state index is 13.4. The van der Waals surface area contributed by atoms with E-state index in [9.17, 15) is 9.18 Å². The van der Waals surface area contributed by atoms with Gasteiger partial charge in [0.25, 0.3) is 6.08 Å². The van der Waals surface area contributed by atoms with E-state index in [0.717, 1.165) is 16.3 Å². The molecule has 18 heavy (non-hydrogen) atoms. The van der Waals surface area contributed by atoms with Gasteiger partial charge in [0, 0.05) is 18.1 Å². The number of carbonyl (C=O) groups is 1. The van der Waals surface area contributed by atoms with Gasteiger partial charge in [-0.2, -0.15) is 4.39 Å². The van der Waals surface area contributed by atoms with Crippen LogP contribution in [-0.2, 0) is 13.0 Å². The summed E-state index contributed by atoms with van der Waals surface area (Å²) in [4.78, 5) is 14.1. The number of rotatable bonds is 4. The third-order valence-electron chi connectivity index (χ3n) is 2.42. The van der Waals surface area contributed by atoms with Crippen LogP contribution in [0.5, 0.6) is 5.88 Å². The number of carbonyl (C=O) groups excluding carboxylic acids is 1. The minimum Gasteiger partial charge on any atom is -0.395 e. The third-order valence-corrected chi connectivity index (χ3v) is 2.50. The molecule has 0 aliphatic carbocycles. The second kappa shape index (κ2) is 5.64. The SMILES string of the molecule is O=C(Cl)Oc1cnc(F)n1CCc1ccccc1. The van der Waals surface area contributed by atoms with Crippen molar-refractivity contribution in [1.82, 2.24) is 9.55 Å². The minimum atomic E-state index is -1.02. The fourth-order valence-electron chi connectivity index (χ4n) is 1.59. The summed E-state index contributed by atoms with van der Waals surface area (Å²) in [6.45, 7) is 0.315. The fourth-order valence-corrected chi connectivity index (χ4v) is 1.67. The number of aryl methyl sites for hydroxylation is 1. The van der Waals surface area contributed by atoms with Gasteiger partial charge in [0.2, 0.25) is 5.88 Å². The quantitative estimate of drug-likeness (QED) is 0.801. The maximum Gasteiger partial charge on any atom is 0.410 e. The van der Waals surface area contributed by atoms with E-state index < -0.39 is 11.5 Å². The van der Waals surface area contributed by atoms with Crippen molar-refractivity contribution in [3.8, 4) is 5.88 Å². The largest absolute Gasteiger partial charge is 0.410 e. The van der Waals surface area contributed by atoms with Gasteiger partial charge in [-0.3, -0.25) is 4.57 Å². The molecule has 1 aromatic heterocycles. The lowest BCUT2D eigenvalue weighted by Crippen LogP contribution is -2.09. The van der Waals surface area contributed by atoms with Crippen molar-refractivity contribution < 1.29 is 13.9 Å². The highest BCUT2D eigenvalue weighted by molar-refractivity contribution is 6.61. The predicted octanol–water partition coefficient (Wildman–Crippen LogP) is 3.00. The highest BCUT2D eigenvalue weighted by atomic mass is 35.5. The van der Waals surface area contributed by atoms with Crippen molar-refractivity contribution in [2.75, 3.05) is 0 Å². The Morgan fingerprint density at radius 3 is 2.78 bits per heavy atom. The van der Waals surface area contributed by atoms with Crippen LogP contribution < -0.4 is 4.74 Å². The molecule has 1 aromatic carbocycles. The number of hydrogen-bond acceptors (Lipinski definition) is 3. The van der Waals surface area contributed by atoms with Gasteiger partial charge in [0.1, 0.15) is 0 Å². The number of benzene rings is 1. The maximum absolute atomic E-state index is 13.4. The molecule has 0 N–H and O–H groups in total. The highest BCUT2D eigenvalue weighted by Crippen LogP contribution is 2.15.